The number of anilines is 2. The van der Waals surface area contributed by atoms with Gasteiger partial charge in [-0.15, -0.1) is 0 Å². The lowest BCUT2D eigenvalue weighted by Gasteiger charge is -2.15. The Morgan fingerprint density at radius 2 is 2.10 bits per heavy atom. The van der Waals surface area contributed by atoms with Gasteiger partial charge in [0.25, 0.3) is 0 Å². The maximum absolute atomic E-state index is 13.5. The van der Waals surface area contributed by atoms with E-state index >= 15 is 0 Å². The molecule has 1 saturated heterocycles. The van der Waals surface area contributed by atoms with E-state index in [2.05, 4.69) is 20.6 Å². The van der Waals surface area contributed by atoms with E-state index < -0.39 is 5.82 Å². The average Bonchev–Trinajstić information content (AvgIpc) is 3.29. The van der Waals surface area contributed by atoms with Crippen LogP contribution in [0.1, 0.15) is 12.8 Å². The van der Waals surface area contributed by atoms with Crippen LogP contribution in [0.2, 0.25) is 5.02 Å². The molecule has 0 bridgehead atoms. The Morgan fingerprint density at radius 1 is 1.19 bits per heavy atom. The topological polar surface area (TPSA) is 77.5 Å². The van der Waals surface area contributed by atoms with Crippen molar-refractivity contribution in [3.63, 3.8) is 0 Å². The van der Waals surface area contributed by atoms with E-state index in [1.807, 2.05) is 6.07 Å². The molecule has 3 aromatic rings. The molecule has 9 heteroatoms. The van der Waals surface area contributed by atoms with Gasteiger partial charge in [-0.3, -0.25) is 0 Å². The molecule has 1 aliphatic rings. The van der Waals surface area contributed by atoms with Crippen LogP contribution < -0.4 is 20.1 Å². The summed E-state index contributed by atoms with van der Waals surface area (Å²) in [7, 11) is 1.58. The molecule has 4 rings (SSSR count). The fraction of sp³-hybridized carbons (Fsp3) is 0.364. The fourth-order valence-electron chi connectivity index (χ4n) is 3.48. The van der Waals surface area contributed by atoms with E-state index in [0.717, 1.165) is 18.4 Å². The summed E-state index contributed by atoms with van der Waals surface area (Å²) in [6, 6.07) is 8.43. The van der Waals surface area contributed by atoms with Crippen LogP contribution in [-0.2, 0) is 4.74 Å². The van der Waals surface area contributed by atoms with Crippen LogP contribution in [0, 0.1) is 5.82 Å². The molecule has 31 heavy (non-hydrogen) atoms. The predicted octanol–water partition coefficient (Wildman–Crippen LogP) is 4.32. The van der Waals surface area contributed by atoms with E-state index in [1.54, 1.807) is 19.2 Å². The lowest BCUT2D eigenvalue weighted by Crippen LogP contribution is -2.27. The first kappa shape index (κ1) is 21.5. The molecule has 2 aromatic carbocycles. The third-order valence-corrected chi connectivity index (χ3v) is 5.36. The molecule has 1 aromatic heterocycles. The van der Waals surface area contributed by atoms with Crippen molar-refractivity contribution in [2.24, 2.45) is 0 Å². The molecule has 1 atom stereocenters. The average molecular weight is 447 g/mol. The second-order valence-corrected chi connectivity index (χ2v) is 7.62. The molecule has 2 heterocycles. The van der Waals surface area contributed by atoms with Crippen molar-refractivity contribution in [3.05, 3.63) is 47.5 Å². The zero-order chi connectivity index (χ0) is 21.6. The van der Waals surface area contributed by atoms with Crippen molar-refractivity contribution in [3.8, 4) is 11.5 Å². The van der Waals surface area contributed by atoms with E-state index in [-0.39, 0.29) is 5.02 Å². The second-order valence-electron chi connectivity index (χ2n) is 7.21. The lowest BCUT2D eigenvalue weighted by molar-refractivity contribution is 0.0861. The van der Waals surface area contributed by atoms with Crippen LogP contribution in [0.3, 0.4) is 0 Å². The Kier molecular flexibility index (Phi) is 7.01. The first-order chi connectivity index (χ1) is 15.1. The van der Waals surface area contributed by atoms with Gasteiger partial charge in [0.05, 0.1) is 30.9 Å². The smallest absolute Gasteiger partial charge is 0.162 e. The van der Waals surface area contributed by atoms with Crippen LogP contribution in [-0.4, -0.2) is 49.5 Å². The van der Waals surface area contributed by atoms with E-state index in [0.29, 0.717) is 54.4 Å². The minimum Gasteiger partial charge on any atom is -0.493 e. The van der Waals surface area contributed by atoms with Crippen molar-refractivity contribution in [1.29, 1.82) is 0 Å². The molecule has 0 amide bonds. The summed E-state index contributed by atoms with van der Waals surface area (Å²) in [5.41, 5.74) is 1.29. The van der Waals surface area contributed by atoms with Crippen LogP contribution >= 0.6 is 11.6 Å². The van der Waals surface area contributed by atoms with Gasteiger partial charge in [-0.25, -0.2) is 14.4 Å². The van der Waals surface area contributed by atoms with Crippen LogP contribution in [0.4, 0.5) is 15.9 Å². The molecular formula is C22H24ClFN4O3. The summed E-state index contributed by atoms with van der Waals surface area (Å²) >= 11 is 5.89. The number of fused-ring (bicyclic) bond motifs is 1. The number of aromatic nitrogens is 2. The number of halogens is 2. The third kappa shape index (κ3) is 5.33. The van der Waals surface area contributed by atoms with Crippen molar-refractivity contribution < 1.29 is 18.6 Å². The zero-order valence-corrected chi connectivity index (χ0v) is 17.9. The molecule has 0 unspecified atom stereocenters. The van der Waals surface area contributed by atoms with Gasteiger partial charge in [-0.05, 0) is 43.7 Å². The molecule has 2 N–H and O–H groups in total. The summed E-state index contributed by atoms with van der Waals surface area (Å²) in [6.45, 7) is 2.60. The Labute approximate surface area is 184 Å². The van der Waals surface area contributed by atoms with E-state index in [1.165, 1.54) is 24.9 Å². The SMILES string of the molecule is COc1cc2ncnc(Nc3ccc(F)c(Cl)c3)c2cc1OCCOC[C@@H]1CCCN1. The van der Waals surface area contributed by atoms with Gasteiger partial charge >= 0.3 is 0 Å². The summed E-state index contributed by atoms with van der Waals surface area (Å²) in [4.78, 5) is 8.63. The quantitative estimate of drug-likeness (QED) is 0.474. The Bertz CT molecular complexity index is 1050. The first-order valence-corrected chi connectivity index (χ1v) is 10.5. The highest BCUT2D eigenvalue weighted by Crippen LogP contribution is 2.35. The molecule has 1 aliphatic heterocycles. The molecular weight excluding hydrogens is 423 g/mol. The number of hydrogen-bond acceptors (Lipinski definition) is 7. The molecule has 7 nitrogen and oxygen atoms in total. The number of methoxy groups -OCH3 is 1. The van der Waals surface area contributed by atoms with Gasteiger partial charge < -0.3 is 24.8 Å². The molecule has 0 aliphatic carbocycles. The lowest BCUT2D eigenvalue weighted by atomic mass is 10.2. The summed E-state index contributed by atoms with van der Waals surface area (Å²) < 4.78 is 30.6. The van der Waals surface area contributed by atoms with Crippen molar-refractivity contribution in [1.82, 2.24) is 15.3 Å². The minimum absolute atomic E-state index is 0.0295. The van der Waals surface area contributed by atoms with Gasteiger partial charge in [0, 0.05) is 23.2 Å². The summed E-state index contributed by atoms with van der Waals surface area (Å²) in [5.74, 6) is 1.20. The number of hydrogen-bond donors (Lipinski definition) is 2. The number of rotatable bonds is 9. The number of benzene rings is 2. The third-order valence-electron chi connectivity index (χ3n) is 5.07. The number of nitrogens with zero attached hydrogens (tertiary/aromatic N) is 2. The van der Waals surface area contributed by atoms with Gasteiger partial charge in [-0.1, -0.05) is 11.6 Å². The Balaban J connectivity index is 1.48. The molecule has 0 spiro atoms. The van der Waals surface area contributed by atoms with Crippen molar-refractivity contribution in [2.45, 2.75) is 18.9 Å². The largest absolute Gasteiger partial charge is 0.493 e. The zero-order valence-electron chi connectivity index (χ0n) is 17.2. The fourth-order valence-corrected chi connectivity index (χ4v) is 3.66. The van der Waals surface area contributed by atoms with Crippen LogP contribution in [0.5, 0.6) is 11.5 Å². The molecule has 0 saturated carbocycles. The van der Waals surface area contributed by atoms with Crippen LogP contribution in [0.25, 0.3) is 10.9 Å². The van der Waals surface area contributed by atoms with Crippen LogP contribution in [0.15, 0.2) is 36.7 Å². The Hall–Kier alpha value is -2.68. The highest BCUT2D eigenvalue weighted by Gasteiger charge is 2.15. The first-order valence-electron chi connectivity index (χ1n) is 10.1. The van der Waals surface area contributed by atoms with Gasteiger partial charge in [0.2, 0.25) is 0 Å². The maximum Gasteiger partial charge on any atom is 0.162 e. The van der Waals surface area contributed by atoms with E-state index in [4.69, 9.17) is 25.8 Å². The number of nitrogens with one attached hydrogen (secondary N) is 2. The van der Waals surface area contributed by atoms with Crippen molar-refractivity contribution >= 4 is 34.0 Å². The second kappa shape index (κ2) is 10.1. The maximum atomic E-state index is 13.5. The van der Waals surface area contributed by atoms with Gasteiger partial charge in [-0.2, -0.15) is 0 Å². The van der Waals surface area contributed by atoms with Gasteiger partial charge in [0.1, 0.15) is 24.6 Å². The monoisotopic (exact) mass is 446 g/mol. The highest BCUT2D eigenvalue weighted by molar-refractivity contribution is 6.31. The molecule has 0 radical (unpaired) electrons. The standard InChI is InChI=1S/C22H24ClFN4O3/c1-29-20-11-19-16(10-21(20)31-8-7-30-12-15-3-2-6-25-15)22(27-13-26-19)28-14-4-5-18(24)17(23)9-14/h4-5,9-11,13,15,25H,2-3,6-8,12H2,1H3,(H,26,27,28)/t15-/m0/s1. The minimum atomic E-state index is -0.480. The van der Waals surface area contributed by atoms with Gasteiger partial charge in [0.15, 0.2) is 11.5 Å². The van der Waals surface area contributed by atoms with Crippen molar-refractivity contribution in [2.75, 3.05) is 38.8 Å². The Morgan fingerprint density at radius 3 is 2.87 bits per heavy atom. The predicted molar refractivity (Wildman–Crippen MR) is 118 cm³/mol. The number of ether oxygens (including phenoxy) is 3. The van der Waals surface area contributed by atoms with E-state index in [9.17, 15) is 4.39 Å². The highest BCUT2D eigenvalue weighted by atomic mass is 35.5. The molecule has 164 valence electrons. The summed E-state index contributed by atoms with van der Waals surface area (Å²) in [6.07, 6.45) is 3.79. The molecule has 1 fully saturated rings. The summed E-state index contributed by atoms with van der Waals surface area (Å²) in [5, 5.41) is 7.32. The normalized spacial score (nSPS) is 15.9.